The van der Waals surface area contributed by atoms with Gasteiger partial charge in [-0.3, -0.25) is 4.79 Å². The molecule has 0 aromatic heterocycles. The fourth-order valence-electron chi connectivity index (χ4n) is 3.77. The Morgan fingerprint density at radius 2 is 2.10 bits per heavy atom. The third-order valence-corrected chi connectivity index (χ3v) is 4.98. The van der Waals surface area contributed by atoms with Gasteiger partial charge < -0.3 is 9.64 Å². The van der Waals surface area contributed by atoms with Crippen molar-refractivity contribution in [2.45, 2.75) is 64.9 Å². The first-order valence-corrected chi connectivity index (χ1v) is 8.59. The van der Waals surface area contributed by atoms with Crippen molar-refractivity contribution in [2.75, 3.05) is 26.2 Å². The summed E-state index contributed by atoms with van der Waals surface area (Å²) in [6, 6.07) is 0. The predicted octanol–water partition coefficient (Wildman–Crippen LogP) is 3.27. The summed E-state index contributed by atoms with van der Waals surface area (Å²) in [5, 5.41) is 0. The van der Waals surface area contributed by atoms with Gasteiger partial charge in [0, 0.05) is 32.0 Å². The number of nitrogens with zero attached hydrogens (tertiary/aromatic N) is 1. The summed E-state index contributed by atoms with van der Waals surface area (Å²) in [5.41, 5.74) is 0. The standard InChI is InChI=1S/C17H31NO2/c1-3-6-14-8-9-17(19)15(11-14)12-18(4-2)13-16-7-5-10-20-16/h14-16H,3-13H2,1-2H3. The van der Waals surface area contributed by atoms with Crippen molar-refractivity contribution in [1.82, 2.24) is 4.90 Å². The van der Waals surface area contributed by atoms with Gasteiger partial charge in [0.25, 0.3) is 0 Å². The third kappa shape index (κ3) is 4.56. The molecule has 0 bridgehead atoms. The number of ether oxygens (including phenoxy) is 1. The molecule has 2 aliphatic rings. The predicted molar refractivity (Wildman–Crippen MR) is 81.8 cm³/mol. The van der Waals surface area contributed by atoms with Crippen LogP contribution in [0, 0.1) is 11.8 Å². The average Bonchev–Trinajstić information content (AvgIpc) is 2.95. The van der Waals surface area contributed by atoms with E-state index in [2.05, 4.69) is 18.7 Å². The lowest BCUT2D eigenvalue weighted by molar-refractivity contribution is -0.126. The minimum atomic E-state index is 0.279. The topological polar surface area (TPSA) is 29.5 Å². The van der Waals surface area contributed by atoms with Crippen molar-refractivity contribution in [3.63, 3.8) is 0 Å². The summed E-state index contributed by atoms with van der Waals surface area (Å²) in [7, 11) is 0. The lowest BCUT2D eigenvalue weighted by Gasteiger charge is -2.32. The quantitative estimate of drug-likeness (QED) is 0.717. The van der Waals surface area contributed by atoms with Gasteiger partial charge in [-0.05, 0) is 38.1 Å². The van der Waals surface area contributed by atoms with Crippen molar-refractivity contribution in [3.05, 3.63) is 0 Å². The molecule has 0 radical (unpaired) electrons. The first kappa shape index (κ1) is 16.0. The van der Waals surface area contributed by atoms with E-state index in [1.54, 1.807) is 0 Å². The van der Waals surface area contributed by atoms with Gasteiger partial charge in [0.1, 0.15) is 5.78 Å². The molecule has 0 aromatic carbocycles. The van der Waals surface area contributed by atoms with Crippen LogP contribution in [-0.2, 0) is 9.53 Å². The highest BCUT2D eigenvalue weighted by molar-refractivity contribution is 5.81. The normalized spacial score (nSPS) is 31.1. The Labute approximate surface area is 124 Å². The molecule has 3 atom stereocenters. The van der Waals surface area contributed by atoms with Gasteiger partial charge in [-0.25, -0.2) is 0 Å². The van der Waals surface area contributed by atoms with E-state index in [1.807, 2.05) is 0 Å². The van der Waals surface area contributed by atoms with Gasteiger partial charge >= 0.3 is 0 Å². The molecule has 0 N–H and O–H groups in total. The molecule has 2 rings (SSSR count). The Bertz CT molecular complexity index is 299. The van der Waals surface area contributed by atoms with Gasteiger partial charge in [0.15, 0.2) is 0 Å². The Hall–Kier alpha value is -0.410. The van der Waals surface area contributed by atoms with Crippen LogP contribution in [0.4, 0.5) is 0 Å². The summed E-state index contributed by atoms with van der Waals surface area (Å²) in [6.07, 6.45) is 8.39. The molecule has 1 aliphatic carbocycles. The molecule has 2 fully saturated rings. The van der Waals surface area contributed by atoms with E-state index in [4.69, 9.17) is 4.74 Å². The molecule has 1 saturated heterocycles. The zero-order valence-corrected chi connectivity index (χ0v) is 13.3. The first-order chi connectivity index (χ1) is 9.72. The lowest BCUT2D eigenvalue weighted by atomic mass is 9.78. The highest BCUT2D eigenvalue weighted by atomic mass is 16.5. The molecule has 1 aliphatic heterocycles. The highest BCUT2D eigenvalue weighted by Crippen LogP contribution is 2.30. The number of ketones is 1. The maximum Gasteiger partial charge on any atom is 0.137 e. The summed E-state index contributed by atoms with van der Waals surface area (Å²) in [4.78, 5) is 14.6. The van der Waals surface area contributed by atoms with Crippen molar-refractivity contribution in [3.8, 4) is 0 Å². The number of Topliss-reactive ketones (excluding diaryl/α,β-unsaturated/α-hetero) is 1. The van der Waals surface area contributed by atoms with Gasteiger partial charge in [-0.1, -0.05) is 26.7 Å². The summed E-state index contributed by atoms with van der Waals surface area (Å²) >= 11 is 0. The van der Waals surface area contributed by atoms with E-state index in [1.165, 1.54) is 25.7 Å². The number of carbonyl (C=O) groups is 1. The number of hydrogen-bond donors (Lipinski definition) is 0. The zero-order chi connectivity index (χ0) is 14.4. The van der Waals surface area contributed by atoms with E-state index in [0.29, 0.717) is 11.9 Å². The second-order valence-electron chi connectivity index (χ2n) is 6.58. The Morgan fingerprint density at radius 3 is 2.75 bits per heavy atom. The van der Waals surface area contributed by atoms with E-state index in [0.717, 1.165) is 51.4 Å². The van der Waals surface area contributed by atoms with Crippen LogP contribution >= 0.6 is 0 Å². The van der Waals surface area contributed by atoms with E-state index in [9.17, 15) is 4.79 Å². The second kappa shape index (κ2) is 8.14. The fourth-order valence-corrected chi connectivity index (χ4v) is 3.77. The minimum absolute atomic E-state index is 0.279. The van der Waals surface area contributed by atoms with Crippen molar-refractivity contribution < 1.29 is 9.53 Å². The van der Waals surface area contributed by atoms with Crippen molar-refractivity contribution >= 4 is 5.78 Å². The molecule has 3 heteroatoms. The number of hydrogen-bond acceptors (Lipinski definition) is 3. The van der Waals surface area contributed by atoms with E-state index in [-0.39, 0.29) is 5.92 Å². The molecule has 0 spiro atoms. The third-order valence-electron chi connectivity index (χ3n) is 4.98. The van der Waals surface area contributed by atoms with Crippen LogP contribution in [0.3, 0.4) is 0 Å². The van der Waals surface area contributed by atoms with Gasteiger partial charge in [-0.15, -0.1) is 0 Å². The SMILES string of the molecule is CCCC1CCC(=O)C(CN(CC)CC2CCCO2)C1. The Balaban J connectivity index is 1.82. The van der Waals surface area contributed by atoms with E-state index >= 15 is 0 Å². The Kier molecular flexibility index (Phi) is 6.50. The maximum absolute atomic E-state index is 12.2. The maximum atomic E-state index is 12.2. The van der Waals surface area contributed by atoms with Crippen LogP contribution in [0.25, 0.3) is 0 Å². The molecule has 0 amide bonds. The van der Waals surface area contributed by atoms with Crippen LogP contribution in [0.5, 0.6) is 0 Å². The zero-order valence-electron chi connectivity index (χ0n) is 13.3. The van der Waals surface area contributed by atoms with Crippen LogP contribution in [0.2, 0.25) is 0 Å². The number of carbonyl (C=O) groups excluding carboxylic acids is 1. The monoisotopic (exact) mass is 281 g/mol. The van der Waals surface area contributed by atoms with Crippen LogP contribution < -0.4 is 0 Å². The molecule has 1 heterocycles. The lowest BCUT2D eigenvalue weighted by Crippen LogP contribution is -2.40. The number of rotatable bonds is 7. The van der Waals surface area contributed by atoms with Crippen molar-refractivity contribution in [1.29, 1.82) is 0 Å². The van der Waals surface area contributed by atoms with Gasteiger partial charge in [0.2, 0.25) is 0 Å². The first-order valence-electron chi connectivity index (χ1n) is 8.59. The number of likely N-dealkylation sites (N-methyl/N-ethyl adjacent to an activating group) is 1. The molecular weight excluding hydrogens is 250 g/mol. The van der Waals surface area contributed by atoms with Crippen LogP contribution in [0.15, 0.2) is 0 Å². The molecule has 116 valence electrons. The molecule has 20 heavy (non-hydrogen) atoms. The summed E-state index contributed by atoms with van der Waals surface area (Å²) in [5.74, 6) is 1.56. The Morgan fingerprint density at radius 1 is 1.25 bits per heavy atom. The van der Waals surface area contributed by atoms with Gasteiger partial charge in [-0.2, -0.15) is 0 Å². The molecular formula is C17H31NO2. The summed E-state index contributed by atoms with van der Waals surface area (Å²) in [6.45, 7) is 8.37. The molecule has 1 saturated carbocycles. The molecule has 3 unspecified atom stereocenters. The summed E-state index contributed by atoms with van der Waals surface area (Å²) < 4.78 is 5.73. The molecule has 0 aromatic rings. The largest absolute Gasteiger partial charge is 0.377 e. The van der Waals surface area contributed by atoms with Crippen LogP contribution in [-0.4, -0.2) is 43.0 Å². The smallest absolute Gasteiger partial charge is 0.137 e. The van der Waals surface area contributed by atoms with Crippen LogP contribution in [0.1, 0.15) is 58.8 Å². The van der Waals surface area contributed by atoms with E-state index < -0.39 is 0 Å². The van der Waals surface area contributed by atoms with Crippen molar-refractivity contribution in [2.24, 2.45) is 11.8 Å². The molecule has 3 nitrogen and oxygen atoms in total. The second-order valence-corrected chi connectivity index (χ2v) is 6.58. The van der Waals surface area contributed by atoms with Gasteiger partial charge in [0.05, 0.1) is 6.10 Å². The minimum Gasteiger partial charge on any atom is -0.377 e. The fraction of sp³-hybridized carbons (Fsp3) is 0.941. The highest BCUT2D eigenvalue weighted by Gasteiger charge is 2.30. The average molecular weight is 281 g/mol.